The lowest BCUT2D eigenvalue weighted by Crippen LogP contribution is -2.03. The summed E-state index contributed by atoms with van der Waals surface area (Å²) in [4.78, 5) is 12.8. The van der Waals surface area contributed by atoms with Gasteiger partial charge in [-0.3, -0.25) is 4.79 Å². The fourth-order valence-electron chi connectivity index (χ4n) is 3.65. The van der Waals surface area contributed by atoms with Crippen molar-refractivity contribution in [2.24, 2.45) is 0 Å². The van der Waals surface area contributed by atoms with Crippen LogP contribution >= 0.6 is 0 Å². The highest BCUT2D eigenvalue weighted by Crippen LogP contribution is 2.29. The molecule has 4 rings (SSSR count). The van der Waals surface area contributed by atoms with Crippen LogP contribution in [0.15, 0.2) is 84.4 Å². The molecule has 0 fully saturated rings. The molecule has 0 aliphatic heterocycles. The minimum Gasteiger partial charge on any atom is -0.340 e. The number of rotatable bonds is 5. The van der Waals surface area contributed by atoms with E-state index in [0.29, 0.717) is 12.1 Å². The van der Waals surface area contributed by atoms with Gasteiger partial charge in [0.15, 0.2) is 0 Å². The number of allylic oxidation sites excluding steroid dienone is 1. The van der Waals surface area contributed by atoms with Crippen molar-refractivity contribution in [3.05, 3.63) is 113 Å². The largest absolute Gasteiger partial charge is 0.340 e. The van der Waals surface area contributed by atoms with Crippen LogP contribution in [0, 0.1) is 24.1 Å². The van der Waals surface area contributed by atoms with Crippen molar-refractivity contribution in [3.63, 3.8) is 0 Å². The molecule has 0 aliphatic carbocycles. The lowest BCUT2D eigenvalue weighted by molar-refractivity contribution is 0.104. The van der Waals surface area contributed by atoms with Crippen molar-refractivity contribution in [2.45, 2.75) is 13.5 Å². The molecule has 0 spiro atoms. The number of hydrogen-bond acceptors (Lipinski definition) is 2. The molecule has 4 heteroatoms. The molecule has 0 radical (unpaired) electrons. The lowest BCUT2D eigenvalue weighted by Gasteiger charge is -2.09. The quantitative estimate of drug-likeness (QED) is 0.239. The van der Waals surface area contributed by atoms with Gasteiger partial charge in [-0.25, -0.2) is 4.39 Å². The minimum absolute atomic E-state index is 0.0917. The first-order valence-corrected chi connectivity index (χ1v) is 9.62. The fraction of sp³-hybridized carbons (Fsp3) is 0.0769. The number of nitrogens with zero attached hydrogens (tertiary/aromatic N) is 2. The van der Waals surface area contributed by atoms with Crippen molar-refractivity contribution in [2.75, 3.05) is 0 Å². The minimum atomic E-state index is -0.298. The summed E-state index contributed by atoms with van der Waals surface area (Å²) in [6, 6.07) is 25.2. The number of aromatic nitrogens is 1. The van der Waals surface area contributed by atoms with Crippen molar-refractivity contribution < 1.29 is 9.18 Å². The number of benzene rings is 3. The molecule has 3 nitrogen and oxygen atoms in total. The van der Waals surface area contributed by atoms with E-state index in [4.69, 9.17) is 0 Å². The molecule has 0 saturated heterocycles. The Morgan fingerprint density at radius 1 is 1.00 bits per heavy atom. The molecular weight excluding hydrogens is 375 g/mol. The monoisotopic (exact) mass is 394 g/mol. The SMILES string of the molecule is Cc1c(/C=C(\C#N)C(=O)c2ccccc2)c2ccccc2n1Cc1ccc(F)cc1. The molecule has 0 N–H and O–H groups in total. The number of nitriles is 1. The molecule has 30 heavy (non-hydrogen) atoms. The fourth-order valence-corrected chi connectivity index (χ4v) is 3.65. The van der Waals surface area contributed by atoms with Gasteiger partial charge in [-0.05, 0) is 36.8 Å². The first-order valence-electron chi connectivity index (χ1n) is 9.62. The van der Waals surface area contributed by atoms with Crippen LogP contribution in [0.25, 0.3) is 17.0 Å². The normalized spacial score (nSPS) is 11.4. The Hall–Kier alpha value is -3.97. The van der Waals surface area contributed by atoms with Gasteiger partial charge in [-0.15, -0.1) is 0 Å². The van der Waals surface area contributed by atoms with E-state index >= 15 is 0 Å². The third-order valence-corrected chi connectivity index (χ3v) is 5.22. The third-order valence-electron chi connectivity index (χ3n) is 5.22. The summed E-state index contributed by atoms with van der Waals surface area (Å²) in [5.41, 5.74) is 4.32. The number of para-hydroxylation sites is 1. The van der Waals surface area contributed by atoms with E-state index < -0.39 is 0 Å². The number of ketones is 1. The van der Waals surface area contributed by atoms with Gasteiger partial charge in [-0.1, -0.05) is 60.7 Å². The first-order chi connectivity index (χ1) is 14.6. The maximum absolute atomic E-state index is 13.3. The summed E-state index contributed by atoms with van der Waals surface area (Å²) in [7, 11) is 0. The molecule has 0 saturated carbocycles. The summed E-state index contributed by atoms with van der Waals surface area (Å²) in [5, 5.41) is 10.6. The van der Waals surface area contributed by atoms with Gasteiger partial charge >= 0.3 is 0 Å². The van der Waals surface area contributed by atoms with Crippen LogP contribution in [0.2, 0.25) is 0 Å². The van der Waals surface area contributed by atoms with Crippen LogP contribution in [-0.4, -0.2) is 10.4 Å². The van der Waals surface area contributed by atoms with E-state index in [2.05, 4.69) is 10.6 Å². The topological polar surface area (TPSA) is 45.8 Å². The van der Waals surface area contributed by atoms with Crippen LogP contribution in [0.4, 0.5) is 4.39 Å². The highest BCUT2D eigenvalue weighted by molar-refractivity contribution is 6.15. The summed E-state index contributed by atoms with van der Waals surface area (Å²) in [5.74, 6) is -0.567. The second-order valence-corrected chi connectivity index (χ2v) is 7.09. The number of fused-ring (bicyclic) bond motifs is 1. The van der Waals surface area contributed by atoms with E-state index in [-0.39, 0.29) is 17.2 Å². The molecule has 0 unspecified atom stereocenters. The van der Waals surface area contributed by atoms with Gasteiger partial charge in [0.05, 0.1) is 0 Å². The molecule has 0 amide bonds. The van der Waals surface area contributed by atoms with Gasteiger partial charge < -0.3 is 4.57 Å². The van der Waals surface area contributed by atoms with Crippen molar-refractivity contribution in [1.29, 1.82) is 5.26 Å². The van der Waals surface area contributed by atoms with E-state index in [9.17, 15) is 14.4 Å². The van der Waals surface area contributed by atoms with E-state index in [1.165, 1.54) is 12.1 Å². The number of halogens is 1. The van der Waals surface area contributed by atoms with Crippen LogP contribution in [0.3, 0.4) is 0 Å². The molecule has 3 aromatic carbocycles. The molecule has 4 aromatic rings. The standard InChI is InChI=1S/C26H19FN2O/c1-18-24(15-21(16-28)26(30)20-7-3-2-4-8-20)23-9-5-6-10-25(23)29(18)17-19-11-13-22(27)14-12-19/h2-15H,17H2,1H3/b21-15+. The Labute approximate surface area is 174 Å². The van der Waals surface area contributed by atoms with Gasteiger partial charge in [0, 0.05) is 34.3 Å². The van der Waals surface area contributed by atoms with E-state index in [1.54, 1.807) is 42.5 Å². The summed E-state index contributed by atoms with van der Waals surface area (Å²) >= 11 is 0. The predicted octanol–water partition coefficient (Wildman–Crippen LogP) is 5.93. The zero-order chi connectivity index (χ0) is 21.1. The lowest BCUT2D eigenvalue weighted by atomic mass is 10.0. The second kappa shape index (κ2) is 8.18. The maximum atomic E-state index is 13.3. The van der Waals surface area contributed by atoms with E-state index in [0.717, 1.165) is 27.7 Å². The Balaban J connectivity index is 1.82. The number of Topliss-reactive ketones (excluding diaryl/α,β-unsaturated/α-hetero) is 1. The zero-order valence-electron chi connectivity index (χ0n) is 16.5. The van der Waals surface area contributed by atoms with Crippen molar-refractivity contribution in [1.82, 2.24) is 4.57 Å². The van der Waals surface area contributed by atoms with Crippen LogP contribution in [-0.2, 0) is 6.54 Å². The van der Waals surface area contributed by atoms with Crippen LogP contribution in [0.5, 0.6) is 0 Å². The van der Waals surface area contributed by atoms with Crippen LogP contribution < -0.4 is 0 Å². The summed E-state index contributed by atoms with van der Waals surface area (Å²) < 4.78 is 15.4. The Morgan fingerprint density at radius 3 is 2.37 bits per heavy atom. The summed E-state index contributed by atoms with van der Waals surface area (Å²) in [6.45, 7) is 2.53. The maximum Gasteiger partial charge on any atom is 0.203 e. The van der Waals surface area contributed by atoms with Gasteiger partial charge in [0.1, 0.15) is 17.5 Å². The summed E-state index contributed by atoms with van der Waals surface area (Å²) in [6.07, 6.45) is 1.67. The average Bonchev–Trinajstić information content (AvgIpc) is 3.04. The highest BCUT2D eigenvalue weighted by Gasteiger charge is 2.17. The Kier molecular flexibility index (Phi) is 5.28. The molecule has 0 atom stereocenters. The second-order valence-electron chi connectivity index (χ2n) is 7.09. The number of carbonyl (C=O) groups is 1. The predicted molar refractivity (Wildman–Crippen MR) is 117 cm³/mol. The average molecular weight is 394 g/mol. The van der Waals surface area contributed by atoms with Crippen molar-refractivity contribution >= 4 is 22.8 Å². The molecule has 1 aromatic heterocycles. The van der Waals surface area contributed by atoms with Crippen LogP contribution in [0.1, 0.15) is 27.2 Å². The molecule has 0 aliphatic rings. The molecule has 146 valence electrons. The highest BCUT2D eigenvalue weighted by atomic mass is 19.1. The molecule has 1 heterocycles. The zero-order valence-corrected chi connectivity index (χ0v) is 16.5. The van der Waals surface area contributed by atoms with Gasteiger partial charge in [-0.2, -0.15) is 5.26 Å². The third kappa shape index (κ3) is 3.66. The smallest absolute Gasteiger partial charge is 0.203 e. The Morgan fingerprint density at radius 2 is 1.67 bits per heavy atom. The number of carbonyl (C=O) groups excluding carboxylic acids is 1. The van der Waals surface area contributed by atoms with Gasteiger partial charge in [0.2, 0.25) is 5.78 Å². The molecular formula is C26H19FN2O. The van der Waals surface area contributed by atoms with E-state index in [1.807, 2.05) is 37.3 Å². The number of hydrogen-bond donors (Lipinski definition) is 0. The van der Waals surface area contributed by atoms with Crippen molar-refractivity contribution in [3.8, 4) is 6.07 Å². The van der Waals surface area contributed by atoms with Gasteiger partial charge in [0.25, 0.3) is 0 Å². The Bertz CT molecular complexity index is 1290. The molecule has 0 bridgehead atoms. The first kappa shape index (κ1) is 19.4.